The quantitative estimate of drug-likeness (QED) is 0.276. The first kappa shape index (κ1) is 20.3. The fraction of sp³-hybridized carbons (Fsp3) is 0.0345. The van der Waals surface area contributed by atoms with Crippen LogP contribution in [0.1, 0.15) is 0 Å². The molecule has 0 amide bonds. The monoisotopic (exact) mass is 472 g/mol. The first-order chi connectivity index (χ1) is 17.5. The summed E-state index contributed by atoms with van der Waals surface area (Å²) in [4.78, 5) is 60.1. The molecule has 7 heteroatoms. The largest absolute Gasteiger partial charge is 0.496 e. The summed E-state index contributed by atoms with van der Waals surface area (Å²) in [6, 6.07) is 18.3. The minimum atomic E-state index is -0.300. The van der Waals surface area contributed by atoms with Gasteiger partial charge in [-0.3, -0.25) is 19.2 Å². The Morgan fingerprint density at radius 1 is 0.500 bits per heavy atom. The Hall–Kier alpha value is -5.04. The Morgan fingerprint density at radius 3 is 1.58 bits per heavy atom. The van der Waals surface area contributed by atoms with Crippen LogP contribution in [0.25, 0.3) is 65.2 Å². The number of aromatic amines is 2. The molecule has 0 aliphatic rings. The number of hydrogen-bond donors (Lipinski definition) is 2. The lowest BCUT2D eigenvalue weighted by Gasteiger charge is -2.11. The first-order valence-electron chi connectivity index (χ1n) is 11.3. The Balaban J connectivity index is 1.70. The molecule has 7 nitrogen and oxygen atoms in total. The van der Waals surface area contributed by atoms with Gasteiger partial charge in [0.05, 0.1) is 45.3 Å². The third-order valence-electron chi connectivity index (χ3n) is 7.01. The molecule has 0 atom stereocenters. The molecule has 1 aromatic heterocycles. The van der Waals surface area contributed by atoms with Crippen LogP contribution >= 0.6 is 0 Å². The molecular weight excluding hydrogens is 456 g/mol. The number of nitrogens with one attached hydrogen (secondary N) is 2. The van der Waals surface area contributed by atoms with Crippen molar-refractivity contribution in [3.05, 3.63) is 108 Å². The van der Waals surface area contributed by atoms with Gasteiger partial charge in [-0.2, -0.15) is 0 Å². The van der Waals surface area contributed by atoms with E-state index in [-0.39, 0.29) is 48.6 Å². The van der Waals surface area contributed by atoms with Gasteiger partial charge in [-0.1, -0.05) is 36.4 Å². The molecule has 0 unspecified atom stereocenters. The maximum Gasteiger partial charge on any atom is 0.198 e. The van der Waals surface area contributed by atoms with Crippen LogP contribution in [0.3, 0.4) is 0 Å². The zero-order valence-electron chi connectivity index (χ0n) is 18.9. The molecule has 36 heavy (non-hydrogen) atoms. The van der Waals surface area contributed by atoms with E-state index in [1.807, 2.05) is 0 Å². The van der Waals surface area contributed by atoms with Gasteiger partial charge in [-0.15, -0.1) is 0 Å². The van der Waals surface area contributed by atoms with Crippen LogP contribution in [-0.2, 0) is 0 Å². The molecule has 172 valence electrons. The smallest absolute Gasteiger partial charge is 0.198 e. The predicted octanol–water partition coefficient (Wildman–Crippen LogP) is 4.15. The summed E-state index contributed by atoms with van der Waals surface area (Å²) >= 11 is 0. The lowest BCUT2D eigenvalue weighted by atomic mass is 9.99. The number of hydrogen-bond acceptors (Lipinski definition) is 5. The van der Waals surface area contributed by atoms with E-state index in [2.05, 4.69) is 9.97 Å². The summed E-state index contributed by atoms with van der Waals surface area (Å²) in [7, 11) is 1.46. The third kappa shape index (κ3) is 2.46. The highest BCUT2D eigenvalue weighted by atomic mass is 16.5. The second-order valence-electron chi connectivity index (χ2n) is 8.82. The van der Waals surface area contributed by atoms with Crippen LogP contribution in [0.2, 0.25) is 0 Å². The summed E-state index contributed by atoms with van der Waals surface area (Å²) in [5, 5.41) is 2.38. The van der Waals surface area contributed by atoms with Crippen molar-refractivity contribution in [3.8, 4) is 5.75 Å². The Kier molecular flexibility index (Phi) is 3.95. The maximum absolute atomic E-state index is 13.6. The van der Waals surface area contributed by atoms with E-state index in [0.717, 1.165) is 0 Å². The van der Waals surface area contributed by atoms with Gasteiger partial charge in [0, 0.05) is 26.9 Å². The van der Waals surface area contributed by atoms with E-state index in [1.165, 1.54) is 7.11 Å². The second-order valence-corrected chi connectivity index (χ2v) is 8.82. The summed E-state index contributed by atoms with van der Waals surface area (Å²) in [5.41, 5.74) is 0.910. The highest BCUT2D eigenvalue weighted by Gasteiger charge is 2.18. The molecule has 0 fully saturated rings. The first-order valence-corrected chi connectivity index (χ1v) is 11.3. The van der Waals surface area contributed by atoms with Gasteiger partial charge in [0.25, 0.3) is 0 Å². The van der Waals surface area contributed by atoms with Gasteiger partial charge >= 0.3 is 0 Å². The fourth-order valence-corrected chi connectivity index (χ4v) is 5.35. The Bertz CT molecular complexity index is 2330. The SMILES string of the molecule is COc1cccc2c(=O)c3c(ccc4[nH]c5c(ccc6c(=O)c7ccccc7c(=O)c65)[nH]c43)c(=O)c12. The Labute approximate surface area is 200 Å². The molecule has 1 heterocycles. The third-order valence-corrected chi connectivity index (χ3v) is 7.01. The number of aromatic nitrogens is 2. The zero-order valence-corrected chi connectivity index (χ0v) is 18.9. The lowest BCUT2D eigenvalue weighted by molar-refractivity contribution is 0.419. The predicted molar refractivity (Wildman–Crippen MR) is 143 cm³/mol. The van der Waals surface area contributed by atoms with Crippen molar-refractivity contribution in [2.45, 2.75) is 0 Å². The normalized spacial score (nSPS) is 11.9. The highest BCUT2D eigenvalue weighted by Crippen LogP contribution is 2.28. The number of benzene rings is 6. The van der Waals surface area contributed by atoms with E-state index in [4.69, 9.17) is 4.74 Å². The van der Waals surface area contributed by atoms with E-state index >= 15 is 0 Å². The minimum Gasteiger partial charge on any atom is -0.496 e. The van der Waals surface area contributed by atoms with Gasteiger partial charge < -0.3 is 14.7 Å². The van der Waals surface area contributed by atoms with E-state index in [1.54, 1.807) is 66.7 Å². The second kappa shape index (κ2) is 6.99. The van der Waals surface area contributed by atoms with E-state index in [0.29, 0.717) is 44.0 Å². The molecule has 7 aromatic rings. The zero-order chi connectivity index (χ0) is 24.7. The van der Waals surface area contributed by atoms with Crippen molar-refractivity contribution in [1.29, 1.82) is 0 Å². The van der Waals surface area contributed by atoms with Gasteiger partial charge in [-0.25, -0.2) is 0 Å². The van der Waals surface area contributed by atoms with Crippen LogP contribution in [0, 0.1) is 0 Å². The summed E-state index contributed by atoms with van der Waals surface area (Å²) in [6.45, 7) is 0. The lowest BCUT2D eigenvalue weighted by Crippen LogP contribution is -2.15. The van der Waals surface area contributed by atoms with Gasteiger partial charge in [0.1, 0.15) is 5.75 Å². The molecule has 0 saturated carbocycles. The van der Waals surface area contributed by atoms with E-state index < -0.39 is 0 Å². The number of fused-ring (bicyclic) bond motifs is 8. The number of H-pyrrole nitrogens is 2. The molecule has 0 bridgehead atoms. The molecule has 0 aliphatic heterocycles. The molecule has 7 rings (SSSR count). The summed E-state index contributed by atoms with van der Waals surface area (Å²) < 4.78 is 5.34. The Morgan fingerprint density at radius 2 is 0.972 bits per heavy atom. The molecule has 6 aromatic carbocycles. The van der Waals surface area contributed by atoms with Crippen LogP contribution in [0.15, 0.2) is 85.9 Å². The average molecular weight is 472 g/mol. The van der Waals surface area contributed by atoms with Crippen molar-refractivity contribution >= 4 is 65.2 Å². The van der Waals surface area contributed by atoms with Crippen molar-refractivity contribution in [2.24, 2.45) is 0 Å². The number of rotatable bonds is 1. The summed E-state index contributed by atoms with van der Waals surface area (Å²) in [6.07, 6.45) is 0. The summed E-state index contributed by atoms with van der Waals surface area (Å²) in [5.74, 6) is 0.348. The number of ether oxygens (including phenoxy) is 1. The average Bonchev–Trinajstić information content (AvgIpc) is 2.92. The van der Waals surface area contributed by atoms with Gasteiger partial charge in [-0.05, 0) is 30.3 Å². The van der Waals surface area contributed by atoms with Gasteiger partial charge in [0.15, 0.2) is 21.7 Å². The van der Waals surface area contributed by atoms with E-state index in [9.17, 15) is 19.2 Å². The highest BCUT2D eigenvalue weighted by molar-refractivity contribution is 6.14. The van der Waals surface area contributed by atoms with Crippen LogP contribution in [0.5, 0.6) is 5.75 Å². The molecule has 0 saturated heterocycles. The fourth-order valence-electron chi connectivity index (χ4n) is 5.35. The van der Waals surface area contributed by atoms with Crippen molar-refractivity contribution in [2.75, 3.05) is 7.11 Å². The van der Waals surface area contributed by atoms with Crippen molar-refractivity contribution in [3.63, 3.8) is 0 Å². The molecule has 0 spiro atoms. The molecule has 0 radical (unpaired) electrons. The standard InChI is InChI=1S/C29H16N2O5/c1-36-20-8-4-7-15-21(20)28(34)17-10-12-19-25(23(17)29(15)35)31-18-11-9-16-22(24(18)30-19)27(33)14-6-3-2-5-13(14)26(16)32/h2-12,30-31H,1H3. The maximum atomic E-state index is 13.6. The van der Waals surface area contributed by atoms with Crippen LogP contribution in [-0.4, -0.2) is 17.1 Å². The van der Waals surface area contributed by atoms with Crippen molar-refractivity contribution in [1.82, 2.24) is 9.97 Å². The molecule has 0 aliphatic carbocycles. The minimum absolute atomic E-state index is 0.215. The molecular formula is C29H16N2O5. The van der Waals surface area contributed by atoms with Crippen molar-refractivity contribution < 1.29 is 4.74 Å². The van der Waals surface area contributed by atoms with Crippen LogP contribution in [0.4, 0.5) is 0 Å². The molecule has 2 N–H and O–H groups in total. The van der Waals surface area contributed by atoms with Gasteiger partial charge in [0.2, 0.25) is 0 Å². The van der Waals surface area contributed by atoms with Crippen LogP contribution < -0.4 is 26.5 Å². The topological polar surface area (TPSA) is 109 Å². The number of methoxy groups -OCH3 is 1.